The average molecular weight is 305 g/mol. The Morgan fingerprint density at radius 1 is 0.900 bits per heavy atom. The van der Waals surface area contributed by atoms with Crippen molar-refractivity contribution < 1.29 is 9.53 Å². The van der Waals surface area contributed by atoms with E-state index < -0.39 is 5.41 Å². The van der Waals surface area contributed by atoms with Gasteiger partial charge < -0.3 is 4.74 Å². The molecule has 0 rings (SSSR count). The monoisotopic (exact) mass is 304 g/mol. The Labute approximate surface area is 130 Å². The minimum absolute atomic E-state index is 0.0414. The molecule has 0 aliphatic carbocycles. The molecule has 0 aromatic rings. The number of halogens is 1. The van der Waals surface area contributed by atoms with Gasteiger partial charge in [0.05, 0.1) is 5.41 Å². The Balaban J connectivity index is 3.41. The van der Waals surface area contributed by atoms with Gasteiger partial charge in [-0.15, -0.1) is 0 Å². The Morgan fingerprint density at radius 3 is 1.80 bits per heavy atom. The number of carbonyl (C=O) groups is 1. The highest BCUT2D eigenvalue weighted by Gasteiger charge is 2.28. The number of hydrogen-bond donors (Lipinski definition) is 0. The van der Waals surface area contributed by atoms with E-state index in [9.17, 15) is 4.79 Å². The van der Waals surface area contributed by atoms with Gasteiger partial charge in [-0.05, 0) is 20.3 Å². The zero-order chi connectivity index (χ0) is 15.3. The van der Waals surface area contributed by atoms with Gasteiger partial charge in [0.15, 0.2) is 6.07 Å². The van der Waals surface area contributed by atoms with Crippen molar-refractivity contribution in [3.63, 3.8) is 0 Å². The first-order valence-corrected chi connectivity index (χ1v) is 8.81. The molecule has 0 saturated heterocycles. The van der Waals surface area contributed by atoms with Gasteiger partial charge in [-0.25, -0.2) is 0 Å². The molecule has 0 aliphatic heterocycles. The summed E-state index contributed by atoms with van der Waals surface area (Å²) in [6, 6.07) is -0.0414. The summed E-state index contributed by atoms with van der Waals surface area (Å²) >= 11 is 5.42. The first kappa shape index (κ1) is 19.8. The maximum atomic E-state index is 11.6. The molecule has 120 valence electrons. The molecular weight excluding hydrogens is 272 g/mol. The van der Waals surface area contributed by atoms with Crippen molar-refractivity contribution in [3.05, 3.63) is 0 Å². The van der Waals surface area contributed by atoms with E-state index in [0.717, 1.165) is 12.8 Å². The maximum absolute atomic E-state index is 11.6. The molecule has 20 heavy (non-hydrogen) atoms. The minimum Gasteiger partial charge on any atom is -0.449 e. The number of unbranched alkanes of at least 4 members (excludes halogenated alkanes) is 9. The van der Waals surface area contributed by atoms with E-state index >= 15 is 0 Å². The fourth-order valence-electron chi connectivity index (χ4n) is 2.40. The average Bonchev–Trinajstić information content (AvgIpc) is 2.41. The lowest BCUT2D eigenvalue weighted by atomic mass is 9.87. The van der Waals surface area contributed by atoms with E-state index in [4.69, 9.17) is 16.3 Å². The van der Waals surface area contributed by atoms with Gasteiger partial charge in [0, 0.05) is 0 Å². The SMILES string of the molecule is CCCCCCCCCCCCC(C)(C)C(=O)OCCl. The molecule has 0 aromatic carbocycles. The quantitative estimate of drug-likeness (QED) is 0.235. The second-order valence-corrected chi connectivity index (χ2v) is 6.57. The van der Waals surface area contributed by atoms with Crippen LogP contribution in [0, 0.1) is 5.41 Å². The zero-order valence-corrected chi connectivity index (χ0v) is 14.4. The van der Waals surface area contributed by atoms with E-state index in [0.29, 0.717) is 0 Å². The van der Waals surface area contributed by atoms with Gasteiger partial charge in [0.2, 0.25) is 0 Å². The standard InChI is InChI=1S/C17H33ClO2/c1-4-5-6-7-8-9-10-11-12-13-14-17(2,3)16(19)20-15-18/h4-15H2,1-3H3. The lowest BCUT2D eigenvalue weighted by molar-refractivity contribution is -0.152. The van der Waals surface area contributed by atoms with Crippen LogP contribution in [0.4, 0.5) is 0 Å². The molecule has 0 unspecified atom stereocenters. The smallest absolute Gasteiger partial charge is 0.312 e. The van der Waals surface area contributed by atoms with Gasteiger partial charge in [-0.2, -0.15) is 0 Å². The highest BCUT2D eigenvalue weighted by atomic mass is 35.5. The third-order valence-electron chi connectivity index (χ3n) is 3.89. The van der Waals surface area contributed by atoms with Crippen LogP contribution in [-0.2, 0) is 9.53 Å². The Morgan fingerprint density at radius 2 is 1.35 bits per heavy atom. The van der Waals surface area contributed by atoms with Crippen molar-refractivity contribution in [2.45, 2.75) is 91.4 Å². The van der Waals surface area contributed by atoms with E-state index in [2.05, 4.69) is 6.92 Å². The summed E-state index contributed by atoms with van der Waals surface area (Å²) in [6.07, 6.45) is 14.1. The molecule has 0 heterocycles. The summed E-state index contributed by atoms with van der Waals surface area (Å²) in [5.74, 6) is -0.177. The second-order valence-electron chi connectivity index (χ2n) is 6.36. The molecule has 0 radical (unpaired) electrons. The van der Waals surface area contributed by atoms with Crippen LogP contribution in [-0.4, -0.2) is 12.0 Å². The topological polar surface area (TPSA) is 26.3 Å². The number of alkyl halides is 1. The lowest BCUT2D eigenvalue weighted by Gasteiger charge is -2.21. The third-order valence-corrected chi connectivity index (χ3v) is 4.00. The number of rotatable bonds is 13. The van der Waals surface area contributed by atoms with Gasteiger partial charge in [0.1, 0.15) is 0 Å². The maximum Gasteiger partial charge on any atom is 0.312 e. The van der Waals surface area contributed by atoms with Gasteiger partial charge in [-0.1, -0.05) is 82.7 Å². The highest BCUT2D eigenvalue weighted by molar-refractivity contribution is 6.17. The number of hydrogen-bond acceptors (Lipinski definition) is 2. The molecule has 0 N–H and O–H groups in total. The fraction of sp³-hybridized carbons (Fsp3) is 0.941. The molecule has 0 atom stereocenters. The molecule has 2 nitrogen and oxygen atoms in total. The number of ether oxygens (including phenoxy) is 1. The van der Waals surface area contributed by atoms with Gasteiger partial charge in [0.25, 0.3) is 0 Å². The Kier molecular flexibility index (Phi) is 12.3. The predicted molar refractivity (Wildman–Crippen MR) is 87.1 cm³/mol. The molecular formula is C17H33ClO2. The fourth-order valence-corrected chi connectivity index (χ4v) is 2.50. The van der Waals surface area contributed by atoms with Crippen LogP contribution in [0.5, 0.6) is 0 Å². The van der Waals surface area contributed by atoms with Crippen LogP contribution in [0.2, 0.25) is 0 Å². The Hall–Kier alpha value is -0.240. The van der Waals surface area contributed by atoms with Gasteiger partial charge in [-0.3, -0.25) is 4.79 Å². The first-order valence-electron chi connectivity index (χ1n) is 8.27. The van der Waals surface area contributed by atoms with E-state index in [1.54, 1.807) is 0 Å². The molecule has 0 saturated carbocycles. The van der Waals surface area contributed by atoms with Crippen molar-refractivity contribution in [2.24, 2.45) is 5.41 Å². The van der Waals surface area contributed by atoms with Crippen molar-refractivity contribution in [2.75, 3.05) is 6.07 Å². The molecule has 0 aromatic heterocycles. The molecule has 0 fully saturated rings. The van der Waals surface area contributed by atoms with Crippen LogP contribution < -0.4 is 0 Å². The molecule has 0 spiro atoms. The van der Waals surface area contributed by atoms with Gasteiger partial charge >= 0.3 is 5.97 Å². The highest BCUT2D eigenvalue weighted by Crippen LogP contribution is 2.26. The summed E-state index contributed by atoms with van der Waals surface area (Å²) in [4.78, 5) is 11.6. The number of esters is 1. The second kappa shape index (κ2) is 12.5. The van der Waals surface area contributed by atoms with Crippen molar-refractivity contribution in [3.8, 4) is 0 Å². The van der Waals surface area contributed by atoms with Crippen LogP contribution in [0.3, 0.4) is 0 Å². The minimum atomic E-state index is -0.394. The van der Waals surface area contributed by atoms with Crippen molar-refractivity contribution >= 4 is 17.6 Å². The third kappa shape index (κ3) is 10.5. The van der Waals surface area contributed by atoms with E-state index in [1.807, 2.05) is 13.8 Å². The molecule has 3 heteroatoms. The zero-order valence-electron chi connectivity index (χ0n) is 13.7. The van der Waals surface area contributed by atoms with Crippen LogP contribution in [0.25, 0.3) is 0 Å². The van der Waals surface area contributed by atoms with E-state index in [-0.39, 0.29) is 12.0 Å². The normalized spacial score (nSPS) is 11.6. The van der Waals surface area contributed by atoms with Crippen molar-refractivity contribution in [1.29, 1.82) is 0 Å². The summed E-state index contributed by atoms with van der Waals surface area (Å²) in [6.45, 7) is 6.13. The van der Waals surface area contributed by atoms with Crippen LogP contribution in [0.1, 0.15) is 91.4 Å². The van der Waals surface area contributed by atoms with Crippen LogP contribution in [0.15, 0.2) is 0 Å². The lowest BCUT2D eigenvalue weighted by Crippen LogP contribution is -2.26. The molecule has 0 aliphatic rings. The van der Waals surface area contributed by atoms with Crippen molar-refractivity contribution in [1.82, 2.24) is 0 Å². The molecule has 0 amide bonds. The van der Waals surface area contributed by atoms with Crippen LogP contribution >= 0.6 is 11.6 Å². The predicted octanol–water partition coefficient (Wildman–Crippen LogP) is 6.06. The largest absolute Gasteiger partial charge is 0.449 e. The first-order chi connectivity index (χ1) is 9.54. The molecule has 0 bridgehead atoms. The number of carbonyl (C=O) groups excluding carboxylic acids is 1. The summed E-state index contributed by atoms with van der Waals surface area (Å²) in [7, 11) is 0. The summed E-state index contributed by atoms with van der Waals surface area (Å²) in [5, 5.41) is 0. The summed E-state index contributed by atoms with van der Waals surface area (Å²) < 4.78 is 4.88. The Bertz CT molecular complexity index is 239. The van der Waals surface area contributed by atoms with E-state index in [1.165, 1.54) is 57.8 Å². The summed E-state index contributed by atoms with van der Waals surface area (Å²) in [5.41, 5.74) is -0.394.